The first-order chi connectivity index (χ1) is 8.93. The number of benzene rings is 2. The fourth-order valence-electron chi connectivity index (χ4n) is 2.14. The molecule has 0 aliphatic rings. The van der Waals surface area contributed by atoms with Gasteiger partial charge in [-0.1, -0.05) is 67.4 Å². The Morgan fingerprint density at radius 3 is 2.26 bits per heavy atom. The average Bonchev–Trinajstić information content (AvgIpc) is 2.41. The van der Waals surface area contributed by atoms with Gasteiger partial charge in [-0.25, -0.2) is 0 Å². The lowest BCUT2D eigenvalue weighted by Gasteiger charge is -2.32. The molecule has 0 heterocycles. The quantitative estimate of drug-likeness (QED) is 0.844. The van der Waals surface area contributed by atoms with Gasteiger partial charge in [0.05, 0.1) is 6.10 Å². The number of halogens is 2. The van der Waals surface area contributed by atoms with Gasteiger partial charge in [0.25, 0.3) is 0 Å². The smallest absolute Gasteiger partial charge is 0.0896 e. The van der Waals surface area contributed by atoms with Crippen LogP contribution in [0.15, 0.2) is 48.5 Å². The van der Waals surface area contributed by atoms with Crippen molar-refractivity contribution >= 4 is 23.2 Å². The fraction of sp³-hybridized carbons (Fsp3) is 0.250. The number of hydrogen-bond donors (Lipinski definition) is 1. The molecule has 100 valence electrons. The van der Waals surface area contributed by atoms with Gasteiger partial charge in [-0.2, -0.15) is 0 Å². The zero-order valence-electron chi connectivity index (χ0n) is 10.9. The van der Waals surface area contributed by atoms with Crippen LogP contribution in [0.3, 0.4) is 0 Å². The van der Waals surface area contributed by atoms with Crippen molar-refractivity contribution in [1.29, 1.82) is 0 Å². The molecule has 0 bridgehead atoms. The van der Waals surface area contributed by atoms with Crippen molar-refractivity contribution in [2.24, 2.45) is 0 Å². The van der Waals surface area contributed by atoms with Crippen LogP contribution in [0.4, 0.5) is 0 Å². The maximum absolute atomic E-state index is 10.7. The molecule has 0 aromatic heterocycles. The standard InChI is InChI=1S/C16H16Cl2O/c1-16(2,11-6-4-3-5-7-11)15(19)13-10-12(17)8-9-14(13)18/h3-10,15,19H,1-2H3. The molecule has 2 aromatic carbocycles. The number of aliphatic hydroxyl groups is 1. The predicted octanol–water partition coefficient (Wildman–Crippen LogP) is 5.00. The summed E-state index contributed by atoms with van der Waals surface area (Å²) in [7, 11) is 0. The van der Waals surface area contributed by atoms with E-state index in [1.807, 2.05) is 44.2 Å². The summed E-state index contributed by atoms with van der Waals surface area (Å²) in [6.45, 7) is 3.98. The Morgan fingerprint density at radius 2 is 1.63 bits per heavy atom. The Balaban J connectivity index is 2.43. The monoisotopic (exact) mass is 294 g/mol. The first-order valence-corrected chi connectivity index (χ1v) is 6.87. The Bertz CT molecular complexity index is 564. The Hall–Kier alpha value is -1.02. The van der Waals surface area contributed by atoms with Gasteiger partial charge in [-0.15, -0.1) is 0 Å². The lowest BCUT2D eigenvalue weighted by atomic mass is 9.77. The van der Waals surface area contributed by atoms with Crippen LogP contribution >= 0.6 is 23.2 Å². The molecule has 1 unspecified atom stereocenters. The van der Waals surface area contributed by atoms with Gasteiger partial charge >= 0.3 is 0 Å². The second-order valence-corrected chi connectivity index (χ2v) is 6.00. The van der Waals surface area contributed by atoms with Crippen LogP contribution in [0.1, 0.15) is 31.1 Å². The molecule has 0 radical (unpaired) electrons. The molecule has 1 nitrogen and oxygen atoms in total. The molecule has 19 heavy (non-hydrogen) atoms. The van der Waals surface area contributed by atoms with Crippen LogP contribution in [-0.2, 0) is 5.41 Å². The minimum Gasteiger partial charge on any atom is -0.387 e. The molecule has 1 N–H and O–H groups in total. The second kappa shape index (κ2) is 5.54. The summed E-state index contributed by atoms with van der Waals surface area (Å²) in [6.07, 6.45) is -0.721. The highest BCUT2D eigenvalue weighted by Crippen LogP contribution is 2.40. The SMILES string of the molecule is CC(C)(c1ccccc1)C(O)c1cc(Cl)ccc1Cl. The van der Waals surface area contributed by atoms with Gasteiger partial charge < -0.3 is 5.11 Å². The third-order valence-electron chi connectivity index (χ3n) is 3.45. The van der Waals surface area contributed by atoms with Crippen molar-refractivity contribution in [3.8, 4) is 0 Å². The van der Waals surface area contributed by atoms with E-state index in [0.29, 0.717) is 15.6 Å². The van der Waals surface area contributed by atoms with Gasteiger partial charge in [0.2, 0.25) is 0 Å². The molecule has 2 aromatic rings. The summed E-state index contributed by atoms with van der Waals surface area (Å²) < 4.78 is 0. The summed E-state index contributed by atoms with van der Waals surface area (Å²) >= 11 is 12.2. The lowest BCUT2D eigenvalue weighted by Crippen LogP contribution is -2.27. The van der Waals surface area contributed by atoms with E-state index in [2.05, 4.69) is 0 Å². The van der Waals surface area contributed by atoms with Gasteiger partial charge in [0.1, 0.15) is 0 Å². The maximum atomic E-state index is 10.7. The van der Waals surface area contributed by atoms with E-state index in [0.717, 1.165) is 5.56 Å². The minimum absolute atomic E-state index is 0.449. The topological polar surface area (TPSA) is 20.2 Å². The molecule has 0 aliphatic carbocycles. The van der Waals surface area contributed by atoms with Crippen molar-refractivity contribution in [2.45, 2.75) is 25.4 Å². The molecule has 0 spiro atoms. The van der Waals surface area contributed by atoms with Gasteiger partial charge in [0, 0.05) is 21.0 Å². The molecular weight excluding hydrogens is 279 g/mol. The molecule has 1 atom stereocenters. The molecule has 0 aliphatic heterocycles. The molecular formula is C16H16Cl2O. The second-order valence-electron chi connectivity index (χ2n) is 5.16. The van der Waals surface area contributed by atoms with Crippen molar-refractivity contribution in [3.05, 3.63) is 69.7 Å². The molecule has 0 saturated carbocycles. The highest BCUT2D eigenvalue weighted by atomic mass is 35.5. The van der Waals surface area contributed by atoms with Crippen LogP contribution in [0.25, 0.3) is 0 Å². The summed E-state index contributed by atoms with van der Waals surface area (Å²) in [5.41, 5.74) is 1.26. The molecule has 2 rings (SSSR count). The molecule has 0 amide bonds. The Kier molecular flexibility index (Phi) is 4.19. The van der Waals surface area contributed by atoms with E-state index in [1.165, 1.54) is 0 Å². The highest BCUT2D eigenvalue weighted by Gasteiger charge is 2.32. The largest absolute Gasteiger partial charge is 0.387 e. The van der Waals surface area contributed by atoms with E-state index in [4.69, 9.17) is 23.2 Å². The van der Waals surface area contributed by atoms with Gasteiger partial charge in [-0.05, 0) is 23.8 Å². The fourth-order valence-corrected chi connectivity index (χ4v) is 2.54. The molecule has 0 saturated heterocycles. The lowest BCUT2D eigenvalue weighted by molar-refractivity contribution is 0.100. The third kappa shape index (κ3) is 2.94. The van der Waals surface area contributed by atoms with Crippen molar-refractivity contribution in [2.75, 3.05) is 0 Å². The van der Waals surface area contributed by atoms with Gasteiger partial charge in [0.15, 0.2) is 0 Å². The first-order valence-electron chi connectivity index (χ1n) is 6.11. The highest BCUT2D eigenvalue weighted by molar-refractivity contribution is 6.33. The van der Waals surface area contributed by atoms with E-state index in [-0.39, 0.29) is 0 Å². The number of hydrogen-bond acceptors (Lipinski definition) is 1. The summed E-state index contributed by atoms with van der Waals surface area (Å²) in [6, 6.07) is 15.0. The van der Waals surface area contributed by atoms with Crippen molar-refractivity contribution < 1.29 is 5.11 Å². The van der Waals surface area contributed by atoms with Crippen LogP contribution < -0.4 is 0 Å². The van der Waals surface area contributed by atoms with Crippen LogP contribution in [0.5, 0.6) is 0 Å². The third-order valence-corrected chi connectivity index (χ3v) is 4.03. The van der Waals surface area contributed by atoms with E-state index >= 15 is 0 Å². The van der Waals surface area contributed by atoms with E-state index in [9.17, 15) is 5.11 Å². The minimum atomic E-state index is -0.721. The zero-order valence-corrected chi connectivity index (χ0v) is 12.4. The van der Waals surface area contributed by atoms with E-state index < -0.39 is 11.5 Å². The van der Waals surface area contributed by atoms with E-state index in [1.54, 1.807) is 18.2 Å². The average molecular weight is 295 g/mol. The maximum Gasteiger partial charge on any atom is 0.0896 e. The molecule has 3 heteroatoms. The Labute approximate surface area is 123 Å². The van der Waals surface area contributed by atoms with Crippen LogP contribution in [0.2, 0.25) is 10.0 Å². The first kappa shape index (κ1) is 14.4. The van der Waals surface area contributed by atoms with Crippen molar-refractivity contribution in [1.82, 2.24) is 0 Å². The number of aliphatic hydroxyl groups excluding tert-OH is 1. The van der Waals surface area contributed by atoms with Crippen molar-refractivity contribution in [3.63, 3.8) is 0 Å². The summed E-state index contributed by atoms with van der Waals surface area (Å²) in [4.78, 5) is 0. The van der Waals surface area contributed by atoms with Crippen LogP contribution in [0, 0.1) is 0 Å². The number of rotatable bonds is 3. The van der Waals surface area contributed by atoms with Crippen LogP contribution in [-0.4, -0.2) is 5.11 Å². The molecule has 0 fully saturated rings. The summed E-state index contributed by atoms with van der Waals surface area (Å²) in [5, 5.41) is 11.8. The van der Waals surface area contributed by atoms with Gasteiger partial charge in [-0.3, -0.25) is 0 Å². The predicted molar refractivity (Wildman–Crippen MR) is 80.9 cm³/mol. The Morgan fingerprint density at radius 1 is 1.00 bits per heavy atom. The summed E-state index contributed by atoms with van der Waals surface area (Å²) in [5.74, 6) is 0. The zero-order chi connectivity index (χ0) is 14.0. The normalized spacial score (nSPS) is 13.3.